The highest BCUT2D eigenvalue weighted by Gasteiger charge is 2.05. The second-order valence-electron chi connectivity index (χ2n) is 3.51. The summed E-state index contributed by atoms with van der Waals surface area (Å²) in [5.74, 6) is 0.476. The Morgan fingerprint density at radius 2 is 1.92 bits per heavy atom. The van der Waals surface area contributed by atoms with Crippen LogP contribution in [-0.4, -0.2) is 5.52 Å². The Labute approximate surface area is 81.3 Å². The molecule has 0 amide bonds. The molecular formula is C11H15OP. The second-order valence-corrected chi connectivity index (χ2v) is 4.90. The second kappa shape index (κ2) is 5.14. The number of carbonyl (C=O) groups is 1. The van der Waals surface area contributed by atoms with Crippen molar-refractivity contribution in [2.75, 3.05) is 0 Å². The van der Waals surface area contributed by atoms with Crippen LogP contribution in [0.25, 0.3) is 0 Å². The fourth-order valence-corrected chi connectivity index (χ4v) is 2.30. The molecule has 0 aliphatic carbocycles. The maximum absolute atomic E-state index is 11.4. The molecule has 1 nitrogen and oxygen atoms in total. The Hall–Kier alpha value is -0.680. The molecule has 0 heterocycles. The van der Waals surface area contributed by atoms with Gasteiger partial charge in [-0.15, -0.1) is 0 Å². The van der Waals surface area contributed by atoms with Gasteiger partial charge < -0.3 is 0 Å². The zero-order valence-corrected chi connectivity index (χ0v) is 9.08. The lowest BCUT2D eigenvalue weighted by atomic mass is 10.2. The van der Waals surface area contributed by atoms with Gasteiger partial charge in [-0.1, -0.05) is 44.2 Å². The number of benzene rings is 1. The number of hydrogen-bond donors (Lipinski definition) is 0. The minimum absolute atomic E-state index is 0.332. The largest absolute Gasteiger partial charge is 0.295 e. The minimum atomic E-state index is 0.332. The smallest absolute Gasteiger partial charge is 0.156 e. The van der Waals surface area contributed by atoms with Gasteiger partial charge in [-0.3, -0.25) is 4.79 Å². The van der Waals surface area contributed by atoms with Crippen LogP contribution < -0.4 is 5.30 Å². The molecule has 0 aliphatic heterocycles. The molecule has 0 saturated heterocycles. The first-order valence-electron chi connectivity index (χ1n) is 4.53. The van der Waals surface area contributed by atoms with Gasteiger partial charge >= 0.3 is 0 Å². The molecule has 0 bridgehead atoms. The molecule has 1 rings (SSSR count). The third kappa shape index (κ3) is 4.19. The summed E-state index contributed by atoms with van der Waals surface area (Å²) >= 11 is 0. The minimum Gasteiger partial charge on any atom is -0.295 e. The first-order valence-corrected chi connectivity index (χ1v) is 5.53. The van der Waals surface area contributed by atoms with Gasteiger partial charge in [0.15, 0.2) is 5.52 Å². The molecule has 0 aliphatic rings. The molecule has 0 spiro atoms. The predicted molar refractivity (Wildman–Crippen MR) is 58.9 cm³/mol. The van der Waals surface area contributed by atoms with Gasteiger partial charge in [0.05, 0.1) is 0 Å². The lowest BCUT2D eigenvalue weighted by Gasteiger charge is -2.03. The van der Waals surface area contributed by atoms with E-state index in [1.165, 1.54) is 0 Å². The summed E-state index contributed by atoms with van der Waals surface area (Å²) in [6.45, 7) is 4.15. The van der Waals surface area contributed by atoms with E-state index in [-0.39, 0.29) is 0 Å². The molecule has 1 aromatic carbocycles. The zero-order valence-electron chi connectivity index (χ0n) is 8.08. The third-order valence-corrected chi connectivity index (χ3v) is 2.76. The zero-order chi connectivity index (χ0) is 9.68. The molecule has 2 heteroatoms. The highest BCUT2D eigenvalue weighted by molar-refractivity contribution is 7.65. The molecule has 13 heavy (non-hydrogen) atoms. The molecule has 0 saturated carbocycles. The van der Waals surface area contributed by atoms with Crippen LogP contribution in [0.15, 0.2) is 30.3 Å². The number of carbonyl (C=O) groups excluding carboxylic acids is 1. The Bertz CT molecular complexity index is 267. The van der Waals surface area contributed by atoms with Crippen LogP contribution in [0.2, 0.25) is 0 Å². The van der Waals surface area contributed by atoms with Crippen molar-refractivity contribution in [1.82, 2.24) is 0 Å². The van der Waals surface area contributed by atoms with Gasteiger partial charge in [-0.05, 0) is 19.8 Å². The summed E-state index contributed by atoms with van der Waals surface area (Å²) in [6, 6.07) is 9.95. The average Bonchev–Trinajstić information content (AvgIpc) is 2.04. The fraction of sp³-hybridized carbons (Fsp3) is 0.364. The van der Waals surface area contributed by atoms with Gasteiger partial charge in [0.2, 0.25) is 0 Å². The Morgan fingerprint density at radius 3 is 2.46 bits per heavy atom. The van der Waals surface area contributed by atoms with Gasteiger partial charge in [-0.25, -0.2) is 0 Å². The topological polar surface area (TPSA) is 17.1 Å². The monoisotopic (exact) mass is 194 g/mol. The van der Waals surface area contributed by atoms with Gasteiger partial charge in [0, 0.05) is 6.42 Å². The van der Waals surface area contributed by atoms with Gasteiger partial charge in [-0.2, -0.15) is 0 Å². The summed E-state index contributed by atoms with van der Waals surface area (Å²) in [5.41, 5.74) is 0.362. The van der Waals surface area contributed by atoms with Crippen LogP contribution in [0.1, 0.15) is 20.3 Å². The predicted octanol–water partition coefficient (Wildman–Crippen LogP) is 2.56. The van der Waals surface area contributed by atoms with Crippen LogP contribution >= 0.6 is 8.58 Å². The SMILES string of the molecule is CC(C)CC(=O)Pc1ccccc1. The Balaban J connectivity index is 2.46. The van der Waals surface area contributed by atoms with Crippen molar-refractivity contribution in [2.45, 2.75) is 20.3 Å². The first kappa shape index (κ1) is 10.4. The van der Waals surface area contributed by atoms with Crippen molar-refractivity contribution in [3.8, 4) is 0 Å². The summed E-state index contributed by atoms with van der Waals surface area (Å²) in [7, 11) is 0.332. The van der Waals surface area contributed by atoms with Crippen LogP contribution in [0.5, 0.6) is 0 Å². The third-order valence-electron chi connectivity index (χ3n) is 1.65. The highest BCUT2D eigenvalue weighted by Crippen LogP contribution is 2.16. The quantitative estimate of drug-likeness (QED) is 0.673. The van der Waals surface area contributed by atoms with E-state index in [9.17, 15) is 4.79 Å². The molecule has 0 radical (unpaired) electrons. The Morgan fingerprint density at radius 1 is 1.31 bits per heavy atom. The molecule has 0 fully saturated rings. The average molecular weight is 194 g/mol. The molecule has 1 atom stereocenters. The fourth-order valence-electron chi connectivity index (χ4n) is 1.10. The van der Waals surface area contributed by atoms with E-state index < -0.39 is 0 Å². The van der Waals surface area contributed by atoms with E-state index in [1.807, 2.05) is 30.3 Å². The molecule has 70 valence electrons. The summed E-state index contributed by atoms with van der Waals surface area (Å²) < 4.78 is 0. The maximum atomic E-state index is 11.4. The Kier molecular flexibility index (Phi) is 4.11. The lowest BCUT2D eigenvalue weighted by Crippen LogP contribution is -2.02. The van der Waals surface area contributed by atoms with Crippen LogP contribution in [0.3, 0.4) is 0 Å². The normalized spacial score (nSPS) is 11.3. The van der Waals surface area contributed by atoms with Crippen molar-refractivity contribution in [2.24, 2.45) is 5.92 Å². The van der Waals surface area contributed by atoms with E-state index in [2.05, 4.69) is 13.8 Å². The van der Waals surface area contributed by atoms with E-state index in [0.29, 0.717) is 26.4 Å². The standard InChI is InChI=1S/C11H15OP/c1-9(2)8-11(12)13-10-6-4-3-5-7-10/h3-7,9,13H,8H2,1-2H3. The van der Waals surface area contributed by atoms with Gasteiger partial charge in [0.25, 0.3) is 0 Å². The summed E-state index contributed by atoms with van der Waals surface area (Å²) in [4.78, 5) is 11.4. The number of hydrogen-bond acceptors (Lipinski definition) is 1. The van der Waals surface area contributed by atoms with Crippen molar-refractivity contribution in [3.63, 3.8) is 0 Å². The van der Waals surface area contributed by atoms with Crippen molar-refractivity contribution in [3.05, 3.63) is 30.3 Å². The summed E-state index contributed by atoms with van der Waals surface area (Å²) in [5, 5.41) is 1.15. The van der Waals surface area contributed by atoms with E-state index in [4.69, 9.17) is 0 Å². The molecule has 1 unspecified atom stereocenters. The number of rotatable bonds is 4. The molecule has 0 N–H and O–H groups in total. The van der Waals surface area contributed by atoms with Crippen molar-refractivity contribution < 1.29 is 4.79 Å². The van der Waals surface area contributed by atoms with Crippen LogP contribution in [0.4, 0.5) is 0 Å². The van der Waals surface area contributed by atoms with Gasteiger partial charge in [0.1, 0.15) is 0 Å². The highest BCUT2D eigenvalue weighted by atomic mass is 31.1. The maximum Gasteiger partial charge on any atom is 0.156 e. The molecule has 1 aromatic rings. The van der Waals surface area contributed by atoms with Crippen LogP contribution in [0, 0.1) is 5.92 Å². The van der Waals surface area contributed by atoms with E-state index >= 15 is 0 Å². The lowest BCUT2D eigenvalue weighted by molar-refractivity contribution is -0.111. The van der Waals surface area contributed by atoms with Crippen molar-refractivity contribution in [1.29, 1.82) is 0 Å². The van der Waals surface area contributed by atoms with E-state index in [0.717, 1.165) is 5.30 Å². The summed E-state index contributed by atoms with van der Waals surface area (Å²) in [6.07, 6.45) is 0.702. The first-order chi connectivity index (χ1) is 6.18. The molecular weight excluding hydrogens is 179 g/mol. The molecule has 0 aromatic heterocycles. The van der Waals surface area contributed by atoms with Crippen LogP contribution in [-0.2, 0) is 4.79 Å². The van der Waals surface area contributed by atoms with Crippen molar-refractivity contribution >= 4 is 19.4 Å². The van der Waals surface area contributed by atoms with E-state index in [1.54, 1.807) is 0 Å².